The minimum atomic E-state index is 0.370. The highest BCUT2D eigenvalue weighted by atomic mass is 35.5. The van der Waals surface area contributed by atoms with E-state index in [0.717, 1.165) is 25.2 Å². The molecule has 1 aliphatic rings. The SMILES string of the molecule is COc1cncc(N(C)CC2CC(Cl)C2)n1. The third-order valence-corrected chi connectivity index (χ3v) is 3.27. The van der Waals surface area contributed by atoms with E-state index in [1.165, 1.54) is 0 Å². The van der Waals surface area contributed by atoms with E-state index >= 15 is 0 Å². The Bertz CT molecular complexity index is 355. The Morgan fingerprint density at radius 2 is 2.25 bits per heavy atom. The average Bonchev–Trinajstić information content (AvgIpc) is 2.27. The number of rotatable bonds is 4. The van der Waals surface area contributed by atoms with Gasteiger partial charge >= 0.3 is 0 Å². The zero-order valence-corrected chi connectivity index (χ0v) is 10.3. The predicted molar refractivity (Wildman–Crippen MR) is 64.2 cm³/mol. The van der Waals surface area contributed by atoms with E-state index < -0.39 is 0 Å². The molecule has 0 aromatic carbocycles. The Morgan fingerprint density at radius 3 is 2.88 bits per heavy atom. The summed E-state index contributed by atoms with van der Waals surface area (Å²) in [4.78, 5) is 10.5. The molecule has 1 heterocycles. The molecule has 16 heavy (non-hydrogen) atoms. The molecule has 0 spiro atoms. The highest BCUT2D eigenvalue weighted by Crippen LogP contribution is 2.32. The number of aromatic nitrogens is 2. The van der Waals surface area contributed by atoms with Crippen LogP contribution in [0.4, 0.5) is 5.82 Å². The summed E-state index contributed by atoms with van der Waals surface area (Å²) in [6.45, 7) is 0.977. The van der Waals surface area contributed by atoms with Gasteiger partial charge in [0.15, 0.2) is 5.82 Å². The minimum absolute atomic E-state index is 0.370. The van der Waals surface area contributed by atoms with Crippen molar-refractivity contribution < 1.29 is 4.74 Å². The summed E-state index contributed by atoms with van der Waals surface area (Å²) in [6, 6.07) is 0. The van der Waals surface area contributed by atoms with E-state index in [1.807, 2.05) is 7.05 Å². The smallest absolute Gasteiger partial charge is 0.233 e. The molecular weight excluding hydrogens is 226 g/mol. The highest BCUT2D eigenvalue weighted by molar-refractivity contribution is 6.21. The van der Waals surface area contributed by atoms with Crippen LogP contribution in [0, 0.1) is 5.92 Å². The number of ether oxygens (including phenoxy) is 1. The van der Waals surface area contributed by atoms with Crippen LogP contribution in [0.1, 0.15) is 12.8 Å². The molecule has 0 unspecified atom stereocenters. The summed E-state index contributed by atoms with van der Waals surface area (Å²) >= 11 is 5.95. The van der Waals surface area contributed by atoms with Crippen LogP contribution in [0.5, 0.6) is 5.88 Å². The van der Waals surface area contributed by atoms with Crippen molar-refractivity contribution in [2.45, 2.75) is 18.2 Å². The lowest BCUT2D eigenvalue weighted by Crippen LogP contribution is -2.35. The molecule has 2 rings (SSSR count). The maximum Gasteiger partial charge on any atom is 0.233 e. The van der Waals surface area contributed by atoms with Crippen LogP contribution in [0.2, 0.25) is 0 Å². The van der Waals surface area contributed by atoms with E-state index in [2.05, 4.69) is 14.9 Å². The lowest BCUT2D eigenvalue weighted by molar-refractivity contribution is 0.328. The van der Waals surface area contributed by atoms with Crippen molar-refractivity contribution in [1.29, 1.82) is 0 Å². The molecule has 0 atom stereocenters. The maximum absolute atomic E-state index is 5.95. The molecule has 4 nitrogen and oxygen atoms in total. The van der Waals surface area contributed by atoms with Gasteiger partial charge in [0.2, 0.25) is 5.88 Å². The Labute approximate surface area is 101 Å². The topological polar surface area (TPSA) is 38.2 Å². The molecule has 1 aromatic heterocycles. The number of alkyl halides is 1. The van der Waals surface area contributed by atoms with Gasteiger partial charge < -0.3 is 9.64 Å². The molecule has 0 saturated heterocycles. The molecule has 0 amide bonds. The molecule has 5 heteroatoms. The Kier molecular flexibility index (Phi) is 3.49. The molecule has 0 N–H and O–H groups in total. The van der Waals surface area contributed by atoms with E-state index in [4.69, 9.17) is 16.3 Å². The first kappa shape index (κ1) is 11.5. The van der Waals surface area contributed by atoms with Gasteiger partial charge in [-0.15, -0.1) is 11.6 Å². The van der Waals surface area contributed by atoms with Crippen LogP contribution in [0.3, 0.4) is 0 Å². The number of anilines is 1. The first-order valence-electron chi connectivity index (χ1n) is 5.40. The van der Waals surface area contributed by atoms with E-state index in [-0.39, 0.29) is 0 Å². The van der Waals surface area contributed by atoms with Crippen molar-refractivity contribution in [3.05, 3.63) is 12.4 Å². The third-order valence-electron chi connectivity index (χ3n) is 2.91. The Morgan fingerprint density at radius 1 is 1.50 bits per heavy atom. The quantitative estimate of drug-likeness (QED) is 0.756. The van der Waals surface area contributed by atoms with Gasteiger partial charge in [-0.2, -0.15) is 4.98 Å². The summed E-state index contributed by atoms with van der Waals surface area (Å²) in [7, 11) is 3.61. The Hall–Kier alpha value is -1.03. The zero-order valence-electron chi connectivity index (χ0n) is 9.56. The second-order valence-corrected chi connectivity index (χ2v) is 4.85. The van der Waals surface area contributed by atoms with Crippen LogP contribution in [0.25, 0.3) is 0 Å². The first-order valence-corrected chi connectivity index (χ1v) is 5.84. The standard InChI is InChI=1S/C11H16ClN3O/c1-15(7-8-3-9(12)4-8)10-5-13-6-11(14-10)16-2/h5-6,8-9H,3-4,7H2,1-2H3. The van der Waals surface area contributed by atoms with Gasteiger partial charge in [-0.1, -0.05) is 0 Å². The van der Waals surface area contributed by atoms with Crippen LogP contribution in [-0.2, 0) is 0 Å². The van der Waals surface area contributed by atoms with Gasteiger partial charge in [-0.3, -0.25) is 4.98 Å². The summed E-state index contributed by atoms with van der Waals surface area (Å²) in [6.07, 6.45) is 5.56. The second kappa shape index (κ2) is 4.87. The van der Waals surface area contributed by atoms with Gasteiger partial charge in [0.25, 0.3) is 0 Å². The van der Waals surface area contributed by atoms with Gasteiger partial charge in [-0.25, -0.2) is 0 Å². The summed E-state index contributed by atoms with van der Waals surface area (Å²) in [5.74, 6) is 2.08. The van der Waals surface area contributed by atoms with E-state index in [0.29, 0.717) is 17.2 Å². The number of nitrogens with zero attached hydrogens (tertiary/aromatic N) is 3. The Balaban J connectivity index is 1.94. The van der Waals surface area contributed by atoms with E-state index in [9.17, 15) is 0 Å². The maximum atomic E-state index is 5.95. The number of hydrogen-bond donors (Lipinski definition) is 0. The second-order valence-electron chi connectivity index (χ2n) is 4.23. The van der Waals surface area contributed by atoms with Crippen molar-refractivity contribution in [1.82, 2.24) is 9.97 Å². The molecular formula is C11H16ClN3O. The average molecular weight is 242 g/mol. The van der Waals surface area contributed by atoms with Crippen molar-refractivity contribution in [2.75, 3.05) is 25.6 Å². The lowest BCUT2D eigenvalue weighted by atomic mass is 9.84. The molecule has 1 saturated carbocycles. The molecule has 1 fully saturated rings. The predicted octanol–water partition coefficient (Wildman–Crippen LogP) is 1.94. The minimum Gasteiger partial charge on any atom is -0.480 e. The molecule has 88 valence electrons. The fraction of sp³-hybridized carbons (Fsp3) is 0.636. The summed E-state index contributed by atoms with van der Waals surface area (Å²) in [5.41, 5.74) is 0. The van der Waals surface area contributed by atoms with Gasteiger partial charge in [0, 0.05) is 19.0 Å². The fourth-order valence-corrected chi connectivity index (χ4v) is 2.41. The summed E-state index contributed by atoms with van der Waals surface area (Å²) in [5, 5.41) is 0.370. The molecule has 1 aliphatic carbocycles. The van der Waals surface area contributed by atoms with Crippen LogP contribution in [0.15, 0.2) is 12.4 Å². The van der Waals surface area contributed by atoms with Crippen LogP contribution < -0.4 is 9.64 Å². The number of halogens is 1. The summed E-state index contributed by atoms with van der Waals surface area (Å²) < 4.78 is 5.05. The monoisotopic (exact) mass is 241 g/mol. The number of methoxy groups -OCH3 is 1. The first-order chi connectivity index (χ1) is 7.69. The fourth-order valence-electron chi connectivity index (χ4n) is 1.90. The lowest BCUT2D eigenvalue weighted by Gasteiger charge is -2.34. The molecule has 0 aliphatic heterocycles. The molecule has 0 radical (unpaired) electrons. The van der Waals surface area contributed by atoms with Crippen LogP contribution in [-0.4, -0.2) is 36.0 Å². The third kappa shape index (κ3) is 2.55. The van der Waals surface area contributed by atoms with Crippen LogP contribution >= 0.6 is 11.6 Å². The van der Waals surface area contributed by atoms with Gasteiger partial charge in [0.1, 0.15) is 0 Å². The van der Waals surface area contributed by atoms with Gasteiger partial charge in [0.05, 0.1) is 19.5 Å². The van der Waals surface area contributed by atoms with Gasteiger partial charge in [-0.05, 0) is 18.8 Å². The van der Waals surface area contributed by atoms with E-state index in [1.54, 1.807) is 19.5 Å². The highest BCUT2D eigenvalue weighted by Gasteiger charge is 2.28. The van der Waals surface area contributed by atoms with Crippen molar-refractivity contribution in [3.8, 4) is 5.88 Å². The van der Waals surface area contributed by atoms with Crippen molar-refractivity contribution >= 4 is 17.4 Å². The molecule has 1 aromatic rings. The van der Waals surface area contributed by atoms with Crippen molar-refractivity contribution in [2.24, 2.45) is 5.92 Å². The zero-order chi connectivity index (χ0) is 11.5. The number of hydrogen-bond acceptors (Lipinski definition) is 4. The normalized spacial score (nSPS) is 23.7. The largest absolute Gasteiger partial charge is 0.480 e. The molecule has 0 bridgehead atoms. The van der Waals surface area contributed by atoms with Crippen molar-refractivity contribution in [3.63, 3.8) is 0 Å².